The Morgan fingerprint density at radius 3 is 2.56 bits per heavy atom. The average molecular weight is 385 g/mol. The Morgan fingerprint density at radius 1 is 1.22 bits per heavy atom. The lowest BCUT2D eigenvalue weighted by molar-refractivity contribution is 0.410. The number of rotatable bonds is 6. The molecule has 108 valence electrons. The zero-order valence-electron chi connectivity index (χ0n) is 11.7. The number of guanidine groups is 1. The molecule has 0 aromatic rings. The molecule has 3 nitrogen and oxygen atoms in total. The average Bonchev–Trinajstić information content (AvgIpc) is 2.38. The van der Waals surface area contributed by atoms with Gasteiger partial charge < -0.3 is 10.6 Å². The fourth-order valence-corrected chi connectivity index (χ4v) is 2.71. The second-order valence-electron chi connectivity index (χ2n) is 4.68. The quantitative estimate of drug-likeness (QED) is 0.319. The van der Waals surface area contributed by atoms with Crippen molar-refractivity contribution in [2.24, 2.45) is 4.99 Å². The van der Waals surface area contributed by atoms with Gasteiger partial charge in [0.15, 0.2) is 5.96 Å². The minimum absolute atomic E-state index is 0. The van der Waals surface area contributed by atoms with Crippen LogP contribution >= 0.6 is 35.7 Å². The van der Waals surface area contributed by atoms with Crippen LogP contribution in [0.5, 0.6) is 0 Å². The SMILES string of the molecule is CN=C(NCCCCSC)NC1CCCCC1.I. The zero-order valence-corrected chi connectivity index (χ0v) is 14.9. The number of nitrogens with zero attached hydrogens (tertiary/aromatic N) is 1. The van der Waals surface area contributed by atoms with Crippen molar-refractivity contribution in [3.8, 4) is 0 Å². The smallest absolute Gasteiger partial charge is 0.191 e. The molecular weight excluding hydrogens is 357 g/mol. The third kappa shape index (κ3) is 8.45. The second-order valence-corrected chi connectivity index (χ2v) is 5.66. The van der Waals surface area contributed by atoms with Gasteiger partial charge in [-0.3, -0.25) is 4.99 Å². The first-order valence-electron chi connectivity index (χ1n) is 6.83. The van der Waals surface area contributed by atoms with Gasteiger partial charge in [-0.1, -0.05) is 19.3 Å². The van der Waals surface area contributed by atoms with Crippen molar-refractivity contribution in [3.05, 3.63) is 0 Å². The molecule has 1 fully saturated rings. The topological polar surface area (TPSA) is 36.4 Å². The molecule has 18 heavy (non-hydrogen) atoms. The Morgan fingerprint density at radius 2 is 1.94 bits per heavy atom. The Bertz CT molecular complexity index is 218. The van der Waals surface area contributed by atoms with Crippen LogP contribution in [-0.4, -0.2) is 37.6 Å². The van der Waals surface area contributed by atoms with E-state index in [1.165, 1.54) is 50.7 Å². The Balaban J connectivity index is 0.00000289. The molecule has 0 unspecified atom stereocenters. The molecule has 0 aliphatic heterocycles. The summed E-state index contributed by atoms with van der Waals surface area (Å²) >= 11 is 1.92. The van der Waals surface area contributed by atoms with E-state index in [4.69, 9.17) is 0 Å². The maximum Gasteiger partial charge on any atom is 0.191 e. The van der Waals surface area contributed by atoms with Gasteiger partial charge in [-0.25, -0.2) is 0 Å². The van der Waals surface area contributed by atoms with Crippen molar-refractivity contribution >= 4 is 41.7 Å². The molecule has 2 N–H and O–H groups in total. The van der Waals surface area contributed by atoms with Crippen LogP contribution in [0.4, 0.5) is 0 Å². The molecule has 0 amide bonds. The molecule has 0 bridgehead atoms. The van der Waals surface area contributed by atoms with E-state index in [1.807, 2.05) is 18.8 Å². The van der Waals surface area contributed by atoms with Crippen LogP contribution < -0.4 is 10.6 Å². The van der Waals surface area contributed by atoms with Crippen molar-refractivity contribution in [1.29, 1.82) is 0 Å². The van der Waals surface area contributed by atoms with Gasteiger partial charge in [-0.05, 0) is 37.7 Å². The van der Waals surface area contributed by atoms with Crippen LogP contribution in [0.25, 0.3) is 0 Å². The first-order valence-corrected chi connectivity index (χ1v) is 8.22. The molecule has 1 aliphatic rings. The molecule has 1 aliphatic carbocycles. The van der Waals surface area contributed by atoms with Gasteiger partial charge in [0.05, 0.1) is 0 Å². The molecule has 0 atom stereocenters. The van der Waals surface area contributed by atoms with Crippen molar-refractivity contribution in [2.75, 3.05) is 25.6 Å². The number of halogens is 1. The summed E-state index contributed by atoms with van der Waals surface area (Å²) < 4.78 is 0. The fourth-order valence-electron chi connectivity index (χ4n) is 2.21. The highest BCUT2D eigenvalue weighted by atomic mass is 127. The number of hydrogen-bond donors (Lipinski definition) is 2. The minimum Gasteiger partial charge on any atom is -0.356 e. The number of hydrogen-bond acceptors (Lipinski definition) is 2. The van der Waals surface area contributed by atoms with Crippen LogP contribution in [0, 0.1) is 0 Å². The monoisotopic (exact) mass is 385 g/mol. The Kier molecular flexibility index (Phi) is 12.6. The fraction of sp³-hybridized carbons (Fsp3) is 0.923. The van der Waals surface area contributed by atoms with Gasteiger partial charge in [-0.2, -0.15) is 11.8 Å². The molecular formula is C13H28IN3S. The van der Waals surface area contributed by atoms with Crippen molar-refractivity contribution in [1.82, 2.24) is 10.6 Å². The molecule has 0 aromatic heterocycles. The van der Waals surface area contributed by atoms with Gasteiger partial charge >= 0.3 is 0 Å². The van der Waals surface area contributed by atoms with E-state index in [0.717, 1.165) is 12.5 Å². The molecule has 1 saturated carbocycles. The maximum absolute atomic E-state index is 4.29. The lowest BCUT2D eigenvalue weighted by Gasteiger charge is -2.24. The third-order valence-corrected chi connectivity index (χ3v) is 3.93. The van der Waals surface area contributed by atoms with Crippen LogP contribution in [0.15, 0.2) is 4.99 Å². The predicted octanol–water partition coefficient (Wildman–Crippen LogP) is 3.25. The van der Waals surface area contributed by atoms with Crippen molar-refractivity contribution in [3.63, 3.8) is 0 Å². The molecule has 0 aromatic carbocycles. The zero-order chi connectivity index (χ0) is 12.3. The highest BCUT2D eigenvalue weighted by molar-refractivity contribution is 14.0. The molecule has 1 rings (SSSR count). The predicted molar refractivity (Wildman–Crippen MR) is 94.4 cm³/mol. The number of thioether (sulfide) groups is 1. The Labute approximate surface area is 133 Å². The number of nitrogens with one attached hydrogen (secondary N) is 2. The van der Waals surface area contributed by atoms with Crippen molar-refractivity contribution < 1.29 is 0 Å². The van der Waals surface area contributed by atoms with E-state index < -0.39 is 0 Å². The van der Waals surface area contributed by atoms with Gasteiger partial charge in [0.2, 0.25) is 0 Å². The van der Waals surface area contributed by atoms with Gasteiger partial charge in [-0.15, -0.1) is 24.0 Å². The highest BCUT2D eigenvalue weighted by Gasteiger charge is 2.13. The normalized spacial score (nSPS) is 17.1. The van der Waals surface area contributed by atoms with E-state index in [0.29, 0.717) is 6.04 Å². The standard InChI is InChI=1S/C13H27N3S.HI/c1-14-13(15-10-6-7-11-17-2)16-12-8-4-3-5-9-12;/h12H,3-11H2,1-2H3,(H2,14,15,16);1H. The summed E-state index contributed by atoms with van der Waals surface area (Å²) in [4.78, 5) is 4.29. The maximum atomic E-state index is 4.29. The van der Waals surface area contributed by atoms with Crippen LogP contribution in [-0.2, 0) is 0 Å². The van der Waals surface area contributed by atoms with E-state index in [-0.39, 0.29) is 24.0 Å². The largest absolute Gasteiger partial charge is 0.356 e. The van der Waals surface area contributed by atoms with Crippen LogP contribution in [0.3, 0.4) is 0 Å². The summed E-state index contributed by atoms with van der Waals surface area (Å²) in [5.41, 5.74) is 0. The second kappa shape index (κ2) is 12.4. The van der Waals surface area contributed by atoms with E-state index in [9.17, 15) is 0 Å². The molecule has 0 radical (unpaired) electrons. The van der Waals surface area contributed by atoms with Crippen LogP contribution in [0.2, 0.25) is 0 Å². The summed E-state index contributed by atoms with van der Waals surface area (Å²) in [6, 6.07) is 0.640. The summed E-state index contributed by atoms with van der Waals surface area (Å²) in [6.07, 6.45) is 11.4. The van der Waals surface area contributed by atoms with E-state index >= 15 is 0 Å². The lowest BCUT2D eigenvalue weighted by Crippen LogP contribution is -2.44. The van der Waals surface area contributed by atoms with E-state index in [2.05, 4.69) is 21.9 Å². The van der Waals surface area contributed by atoms with Crippen LogP contribution in [0.1, 0.15) is 44.9 Å². The van der Waals surface area contributed by atoms with Gasteiger partial charge in [0.25, 0.3) is 0 Å². The number of unbranched alkanes of at least 4 members (excludes halogenated alkanes) is 1. The summed E-state index contributed by atoms with van der Waals surface area (Å²) in [5, 5.41) is 6.94. The lowest BCUT2D eigenvalue weighted by atomic mass is 9.96. The molecule has 0 saturated heterocycles. The molecule has 0 heterocycles. The summed E-state index contributed by atoms with van der Waals surface area (Å²) in [5.74, 6) is 2.25. The Hall–Kier alpha value is 0.350. The summed E-state index contributed by atoms with van der Waals surface area (Å²) in [7, 11) is 1.86. The highest BCUT2D eigenvalue weighted by Crippen LogP contribution is 2.17. The van der Waals surface area contributed by atoms with Gasteiger partial charge in [0, 0.05) is 19.6 Å². The van der Waals surface area contributed by atoms with E-state index in [1.54, 1.807) is 0 Å². The molecule has 5 heteroatoms. The summed E-state index contributed by atoms with van der Waals surface area (Å²) in [6.45, 7) is 1.03. The minimum atomic E-state index is 0. The number of aliphatic imine (C=N–C) groups is 1. The third-order valence-electron chi connectivity index (χ3n) is 3.24. The first-order chi connectivity index (χ1) is 8.36. The molecule has 0 spiro atoms. The van der Waals surface area contributed by atoms with Crippen molar-refractivity contribution in [2.45, 2.75) is 51.0 Å². The first kappa shape index (κ1) is 18.4. The van der Waals surface area contributed by atoms with Gasteiger partial charge in [0.1, 0.15) is 0 Å².